The third kappa shape index (κ3) is 5.88. The Bertz CT molecular complexity index is 1000. The fourth-order valence-electron chi connectivity index (χ4n) is 2.55. The summed E-state index contributed by atoms with van der Waals surface area (Å²) in [5.41, 5.74) is 0.694. The second-order valence-electron chi connectivity index (χ2n) is 8.20. The van der Waals surface area contributed by atoms with Crippen molar-refractivity contribution >= 4 is 17.2 Å². The van der Waals surface area contributed by atoms with Crippen molar-refractivity contribution in [3.63, 3.8) is 0 Å². The smallest absolute Gasteiger partial charge is 0.407 e. The zero-order chi connectivity index (χ0) is 21.9. The van der Waals surface area contributed by atoms with Crippen molar-refractivity contribution in [2.45, 2.75) is 59.3 Å². The molecule has 0 bridgehead atoms. The number of nitrogens with one attached hydrogen (secondary N) is 1. The van der Waals surface area contributed by atoms with Gasteiger partial charge in [0.25, 0.3) is 11.8 Å². The lowest BCUT2D eigenvalue weighted by Gasteiger charge is -2.21. The monoisotopic (exact) mass is 417 g/mol. The number of benzene rings is 1. The third-order valence-corrected chi connectivity index (χ3v) is 3.67. The normalized spacial score (nSPS) is 12.8. The second kappa shape index (κ2) is 8.64. The Hall–Kier alpha value is -3.23. The summed E-state index contributed by atoms with van der Waals surface area (Å²) in [7, 11) is 0. The molecule has 2 aromatic heterocycles. The number of carbonyl (C=O) groups is 1. The van der Waals surface area contributed by atoms with Crippen molar-refractivity contribution < 1.29 is 27.9 Å². The van der Waals surface area contributed by atoms with E-state index in [-0.39, 0.29) is 30.5 Å². The van der Waals surface area contributed by atoms with Crippen molar-refractivity contribution in [2.75, 3.05) is 6.61 Å². The number of rotatable bonds is 7. The molecule has 3 rings (SSSR count). The van der Waals surface area contributed by atoms with Crippen LogP contribution in [0.4, 0.5) is 4.79 Å². The van der Waals surface area contributed by atoms with E-state index < -0.39 is 11.7 Å². The largest absolute Gasteiger partial charge is 0.491 e. The molecule has 0 radical (unpaired) electrons. The molecule has 1 atom stereocenters. The van der Waals surface area contributed by atoms with Crippen LogP contribution in [0.5, 0.6) is 11.6 Å². The van der Waals surface area contributed by atoms with Crippen molar-refractivity contribution in [2.24, 2.45) is 0 Å². The van der Waals surface area contributed by atoms with Crippen molar-refractivity contribution in [1.29, 1.82) is 0 Å². The number of oxazole rings is 1. The lowest BCUT2D eigenvalue weighted by Crippen LogP contribution is -2.40. The number of nitrogens with zero attached hydrogens (tertiary/aromatic N) is 2. The van der Waals surface area contributed by atoms with Gasteiger partial charge in [0.15, 0.2) is 5.58 Å². The molecule has 0 aliphatic heterocycles. The summed E-state index contributed by atoms with van der Waals surface area (Å²) in [5, 5.41) is 6.56. The van der Waals surface area contributed by atoms with Gasteiger partial charge in [0.1, 0.15) is 23.5 Å². The molecule has 3 aromatic rings. The molecule has 162 valence electrons. The van der Waals surface area contributed by atoms with Gasteiger partial charge in [-0.15, -0.1) is 0 Å². The molecule has 1 amide bonds. The van der Waals surface area contributed by atoms with Crippen LogP contribution in [0.3, 0.4) is 0 Å². The standard InChI is InChI=1S/C21H27N3O6/c1-12(2)27-14-7-8-16-15(9-14)23-19(28-16)17-10-18(24-30-17)26-11-13(3)22-20(25)29-21(4,5)6/h7-10,12-13H,11H2,1-6H3,(H,22,25)/t13-/m0/s1. The molecule has 1 N–H and O–H groups in total. The molecule has 30 heavy (non-hydrogen) atoms. The number of hydrogen-bond acceptors (Lipinski definition) is 8. The molecule has 0 unspecified atom stereocenters. The summed E-state index contributed by atoms with van der Waals surface area (Å²) in [6.07, 6.45) is -0.443. The first kappa shape index (κ1) is 21.5. The van der Waals surface area contributed by atoms with Gasteiger partial charge in [-0.25, -0.2) is 9.78 Å². The topological polar surface area (TPSA) is 109 Å². The number of alkyl carbamates (subject to hydrolysis) is 1. The highest BCUT2D eigenvalue weighted by molar-refractivity contribution is 5.77. The Morgan fingerprint density at radius 3 is 2.67 bits per heavy atom. The fraction of sp³-hybridized carbons (Fsp3) is 0.476. The van der Waals surface area contributed by atoms with E-state index in [2.05, 4.69) is 15.5 Å². The van der Waals surface area contributed by atoms with Gasteiger partial charge in [-0.3, -0.25) is 0 Å². The quantitative estimate of drug-likeness (QED) is 0.596. The highest BCUT2D eigenvalue weighted by Crippen LogP contribution is 2.29. The SMILES string of the molecule is CC(C)Oc1ccc2oc(-c3cc(OC[C@H](C)NC(=O)OC(C)(C)C)no3)nc2c1. The number of carbonyl (C=O) groups excluding carboxylic acids is 1. The predicted molar refractivity (Wildman–Crippen MR) is 110 cm³/mol. The maximum absolute atomic E-state index is 11.8. The molecule has 2 heterocycles. The van der Waals surface area contributed by atoms with Crippen LogP contribution in [0.2, 0.25) is 0 Å². The first-order valence-electron chi connectivity index (χ1n) is 9.76. The molecule has 0 aliphatic carbocycles. The van der Waals surface area contributed by atoms with E-state index in [0.717, 1.165) is 0 Å². The van der Waals surface area contributed by atoms with Crippen LogP contribution in [-0.2, 0) is 4.74 Å². The minimum Gasteiger partial charge on any atom is -0.491 e. The highest BCUT2D eigenvalue weighted by atomic mass is 16.6. The number of aromatic nitrogens is 2. The maximum Gasteiger partial charge on any atom is 0.407 e. The van der Waals surface area contributed by atoms with Gasteiger partial charge >= 0.3 is 6.09 Å². The molecule has 0 fully saturated rings. The van der Waals surface area contributed by atoms with Crippen LogP contribution in [0.1, 0.15) is 41.5 Å². The average Bonchev–Trinajstić information content (AvgIpc) is 3.23. The highest BCUT2D eigenvalue weighted by Gasteiger charge is 2.19. The Morgan fingerprint density at radius 2 is 1.97 bits per heavy atom. The van der Waals surface area contributed by atoms with Crippen LogP contribution >= 0.6 is 0 Å². The molecule has 0 aliphatic rings. The van der Waals surface area contributed by atoms with Gasteiger partial charge in [-0.05, 0) is 58.8 Å². The Labute approximate surface area is 174 Å². The van der Waals surface area contributed by atoms with E-state index in [9.17, 15) is 4.79 Å². The number of amides is 1. The summed E-state index contributed by atoms with van der Waals surface area (Å²) in [4.78, 5) is 16.2. The van der Waals surface area contributed by atoms with Crippen LogP contribution in [0, 0.1) is 0 Å². The molecule has 0 spiro atoms. The van der Waals surface area contributed by atoms with Gasteiger partial charge in [0, 0.05) is 6.07 Å². The predicted octanol–water partition coefficient (Wildman–Crippen LogP) is 4.56. The van der Waals surface area contributed by atoms with Gasteiger partial charge in [0.2, 0.25) is 5.76 Å². The summed E-state index contributed by atoms with van der Waals surface area (Å²) in [5.74, 6) is 1.59. The zero-order valence-electron chi connectivity index (χ0n) is 18.0. The Kier molecular flexibility index (Phi) is 6.19. The van der Waals surface area contributed by atoms with E-state index in [4.69, 9.17) is 23.2 Å². The van der Waals surface area contributed by atoms with Crippen LogP contribution < -0.4 is 14.8 Å². The fourth-order valence-corrected chi connectivity index (χ4v) is 2.55. The number of ether oxygens (including phenoxy) is 3. The maximum atomic E-state index is 11.8. The first-order chi connectivity index (χ1) is 14.1. The van der Waals surface area contributed by atoms with Crippen LogP contribution in [-0.4, -0.2) is 40.6 Å². The van der Waals surface area contributed by atoms with Gasteiger partial charge in [-0.2, -0.15) is 0 Å². The lowest BCUT2D eigenvalue weighted by molar-refractivity contribution is 0.0492. The molecule has 9 nitrogen and oxygen atoms in total. The number of hydrogen-bond donors (Lipinski definition) is 1. The minimum absolute atomic E-state index is 0.0648. The van der Waals surface area contributed by atoms with Crippen molar-refractivity contribution in [1.82, 2.24) is 15.5 Å². The van der Waals surface area contributed by atoms with Gasteiger partial charge in [-0.1, -0.05) is 0 Å². The summed E-state index contributed by atoms with van der Waals surface area (Å²) in [6.45, 7) is 11.3. The molecule has 0 saturated carbocycles. The number of fused-ring (bicyclic) bond motifs is 1. The molecule has 1 aromatic carbocycles. The van der Waals surface area contributed by atoms with E-state index in [0.29, 0.717) is 22.6 Å². The Morgan fingerprint density at radius 1 is 1.20 bits per heavy atom. The van der Waals surface area contributed by atoms with E-state index in [1.165, 1.54) is 0 Å². The zero-order valence-corrected chi connectivity index (χ0v) is 18.0. The van der Waals surface area contributed by atoms with Crippen LogP contribution in [0.15, 0.2) is 33.2 Å². The van der Waals surface area contributed by atoms with Crippen molar-refractivity contribution in [3.8, 4) is 23.3 Å². The van der Waals surface area contributed by atoms with Crippen LogP contribution in [0.25, 0.3) is 22.8 Å². The molecule has 0 saturated heterocycles. The van der Waals surface area contributed by atoms with E-state index >= 15 is 0 Å². The molecule has 9 heteroatoms. The third-order valence-electron chi connectivity index (χ3n) is 3.67. The first-order valence-corrected chi connectivity index (χ1v) is 9.76. The summed E-state index contributed by atoms with van der Waals surface area (Å²) >= 11 is 0. The minimum atomic E-state index is -0.563. The van der Waals surface area contributed by atoms with Crippen molar-refractivity contribution in [3.05, 3.63) is 24.3 Å². The summed E-state index contributed by atoms with van der Waals surface area (Å²) in [6, 6.07) is 6.71. The van der Waals surface area contributed by atoms with Gasteiger partial charge in [0.05, 0.1) is 18.2 Å². The molecular weight excluding hydrogens is 390 g/mol. The lowest BCUT2D eigenvalue weighted by atomic mass is 10.2. The molecular formula is C21H27N3O6. The van der Waals surface area contributed by atoms with E-state index in [1.54, 1.807) is 45.9 Å². The second-order valence-corrected chi connectivity index (χ2v) is 8.20. The van der Waals surface area contributed by atoms with Gasteiger partial charge < -0.3 is 28.5 Å². The Balaban J connectivity index is 1.60. The van der Waals surface area contributed by atoms with E-state index in [1.807, 2.05) is 19.9 Å². The summed E-state index contributed by atoms with van der Waals surface area (Å²) < 4.78 is 27.5. The average molecular weight is 417 g/mol.